The van der Waals surface area contributed by atoms with Crippen LogP contribution in [0.25, 0.3) is 6.08 Å². The molecule has 8 heteroatoms. The molecule has 1 fully saturated rings. The minimum absolute atomic E-state index is 0.104. The molecule has 6 nitrogen and oxygen atoms in total. The van der Waals surface area contributed by atoms with Crippen LogP contribution in [0, 0.1) is 0 Å². The zero-order valence-electron chi connectivity index (χ0n) is 12.0. The summed E-state index contributed by atoms with van der Waals surface area (Å²) in [6.07, 6.45) is 5.16. The first-order chi connectivity index (χ1) is 11.0. The molecule has 1 aromatic carbocycles. The number of rotatable bonds is 3. The summed E-state index contributed by atoms with van der Waals surface area (Å²) in [7, 11) is 1.79. The van der Waals surface area contributed by atoms with Gasteiger partial charge >= 0.3 is 5.97 Å². The van der Waals surface area contributed by atoms with E-state index in [9.17, 15) is 9.59 Å². The van der Waals surface area contributed by atoms with Crippen molar-refractivity contribution in [2.75, 3.05) is 4.90 Å². The average Bonchev–Trinajstić information content (AvgIpc) is 3.03. The number of thioether (sulfide) groups is 1. The molecule has 2 aromatic rings. The van der Waals surface area contributed by atoms with Crippen molar-refractivity contribution in [2.24, 2.45) is 7.05 Å². The zero-order chi connectivity index (χ0) is 16.6. The van der Waals surface area contributed by atoms with Crippen LogP contribution in [0.5, 0.6) is 0 Å². The van der Waals surface area contributed by atoms with Crippen molar-refractivity contribution < 1.29 is 14.7 Å². The van der Waals surface area contributed by atoms with E-state index >= 15 is 0 Å². The Labute approximate surface area is 141 Å². The van der Waals surface area contributed by atoms with E-state index in [2.05, 4.69) is 5.10 Å². The fourth-order valence-electron chi connectivity index (χ4n) is 2.13. The molecule has 0 bridgehead atoms. The highest BCUT2D eigenvalue weighted by Gasteiger charge is 2.33. The summed E-state index contributed by atoms with van der Waals surface area (Å²) in [5.41, 5.74) is 1.35. The van der Waals surface area contributed by atoms with E-state index in [-0.39, 0.29) is 11.5 Å². The molecule has 1 amide bonds. The second-order valence-corrected chi connectivity index (χ2v) is 6.50. The van der Waals surface area contributed by atoms with Crippen molar-refractivity contribution in [2.45, 2.75) is 0 Å². The van der Waals surface area contributed by atoms with Gasteiger partial charge in [0.1, 0.15) is 0 Å². The first-order valence-electron chi connectivity index (χ1n) is 6.55. The third-order valence-electron chi connectivity index (χ3n) is 3.17. The monoisotopic (exact) mass is 345 g/mol. The van der Waals surface area contributed by atoms with Gasteiger partial charge in [-0.1, -0.05) is 30.0 Å². The lowest BCUT2D eigenvalue weighted by Crippen LogP contribution is -2.27. The van der Waals surface area contributed by atoms with Gasteiger partial charge in [-0.25, -0.2) is 4.79 Å². The van der Waals surface area contributed by atoms with Gasteiger partial charge in [0.05, 0.1) is 22.4 Å². The Morgan fingerprint density at radius 1 is 1.43 bits per heavy atom. The average molecular weight is 345 g/mol. The van der Waals surface area contributed by atoms with E-state index in [0.29, 0.717) is 14.9 Å². The Bertz CT molecular complexity index is 857. The van der Waals surface area contributed by atoms with Crippen molar-refractivity contribution in [3.05, 3.63) is 52.7 Å². The highest BCUT2D eigenvalue weighted by Crippen LogP contribution is 2.36. The molecule has 1 aliphatic rings. The van der Waals surface area contributed by atoms with Crippen molar-refractivity contribution in [3.8, 4) is 0 Å². The van der Waals surface area contributed by atoms with Crippen molar-refractivity contribution in [1.82, 2.24) is 9.78 Å². The Morgan fingerprint density at radius 3 is 2.87 bits per heavy atom. The standard InChI is InChI=1S/C15H11N3O3S2/c1-17-8-9(7-16-17)5-12-13(19)18(15(22)23-12)11-4-2-3-10(6-11)14(20)21/h2-8H,1H3,(H,20,21)/b12-5-. The maximum Gasteiger partial charge on any atom is 0.335 e. The van der Waals surface area contributed by atoms with Gasteiger partial charge in [-0.05, 0) is 24.3 Å². The second kappa shape index (κ2) is 5.98. The van der Waals surface area contributed by atoms with Gasteiger partial charge in [0.15, 0.2) is 4.32 Å². The van der Waals surface area contributed by atoms with Crippen LogP contribution in [0.15, 0.2) is 41.6 Å². The number of benzene rings is 1. The first-order valence-corrected chi connectivity index (χ1v) is 7.78. The van der Waals surface area contributed by atoms with Crippen LogP contribution in [0.1, 0.15) is 15.9 Å². The number of aryl methyl sites for hydroxylation is 1. The summed E-state index contributed by atoms with van der Waals surface area (Å²) < 4.78 is 2.01. The fraction of sp³-hybridized carbons (Fsp3) is 0.0667. The minimum atomic E-state index is -1.05. The quantitative estimate of drug-likeness (QED) is 0.680. The molecule has 116 valence electrons. The number of carbonyl (C=O) groups is 2. The molecule has 0 aliphatic carbocycles. The lowest BCUT2D eigenvalue weighted by atomic mass is 10.2. The summed E-state index contributed by atoms with van der Waals surface area (Å²) >= 11 is 6.45. The normalized spacial score (nSPS) is 16.4. The van der Waals surface area contributed by atoms with Gasteiger partial charge in [-0.15, -0.1) is 0 Å². The third kappa shape index (κ3) is 3.03. The van der Waals surface area contributed by atoms with E-state index in [0.717, 1.165) is 5.56 Å². The van der Waals surface area contributed by atoms with Gasteiger partial charge in [0.25, 0.3) is 5.91 Å². The van der Waals surface area contributed by atoms with Gasteiger partial charge in [0.2, 0.25) is 0 Å². The number of nitrogens with zero attached hydrogens (tertiary/aromatic N) is 3. The number of amides is 1. The summed E-state index contributed by atoms with van der Waals surface area (Å²) in [5.74, 6) is -1.32. The SMILES string of the molecule is Cn1cc(/C=C2\SC(=S)N(c3cccc(C(=O)O)c3)C2=O)cn1. The smallest absolute Gasteiger partial charge is 0.335 e. The number of aromatic carboxylic acids is 1. The van der Waals surface area contributed by atoms with Crippen LogP contribution in [0.3, 0.4) is 0 Å². The summed E-state index contributed by atoms with van der Waals surface area (Å²) in [5, 5.41) is 13.1. The Balaban J connectivity index is 1.94. The molecule has 1 aromatic heterocycles. The molecule has 0 saturated carbocycles. The zero-order valence-corrected chi connectivity index (χ0v) is 13.6. The molecule has 1 saturated heterocycles. The molecule has 23 heavy (non-hydrogen) atoms. The molecule has 2 heterocycles. The number of hydrogen-bond donors (Lipinski definition) is 1. The Morgan fingerprint density at radius 2 is 2.22 bits per heavy atom. The molecule has 1 N–H and O–H groups in total. The molecule has 1 aliphatic heterocycles. The van der Waals surface area contributed by atoms with Crippen LogP contribution in [0.4, 0.5) is 5.69 Å². The molecular formula is C15H11N3O3S2. The molecular weight excluding hydrogens is 334 g/mol. The third-order valence-corrected chi connectivity index (χ3v) is 4.47. The molecule has 0 radical (unpaired) electrons. The van der Waals surface area contributed by atoms with Gasteiger partial charge in [-0.2, -0.15) is 5.10 Å². The highest BCUT2D eigenvalue weighted by molar-refractivity contribution is 8.27. The highest BCUT2D eigenvalue weighted by atomic mass is 32.2. The Hall–Kier alpha value is -2.45. The van der Waals surface area contributed by atoms with Crippen molar-refractivity contribution in [3.63, 3.8) is 0 Å². The van der Waals surface area contributed by atoms with Crippen LogP contribution in [-0.4, -0.2) is 31.1 Å². The van der Waals surface area contributed by atoms with Crippen molar-refractivity contribution in [1.29, 1.82) is 0 Å². The van der Waals surface area contributed by atoms with E-state index in [1.165, 1.54) is 28.8 Å². The number of thiocarbonyl (C=S) groups is 1. The van der Waals surface area contributed by atoms with E-state index < -0.39 is 5.97 Å². The largest absolute Gasteiger partial charge is 0.478 e. The number of carboxylic acids is 1. The van der Waals surface area contributed by atoms with Crippen LogP contribution < -0.4 is 4.90 Å². The topological polar surface area (TPSA) is 75.4 Å². The Kier molecular flexibility index (Phi) is 4.01. The second-order valence-electron chi connectivity index (χ2n) is 4.82. The van der Waals surface area contributed by atoms with Gasteiger partial charge < -0.3 is 5.11 Å². The maximum absolute atomic E-state index is 12.6. The molecule has 0 spiro atoms. The number of carboxylic acid groups (broad SMARTS) is 1. The van der Waals surface area contributed by atoms with Crippen LogP contribution >= 0.6 is 24.0 Å². The summed E-state index contributed by atoms with van der Waals surface area (Å²) in [6.45, 7) is 0. The van der Waals surface area contributed by atoms with Gasteiger partial charge in [-0.3, -0.25) is 14.4 Å². The molecule has 0 atom stereocenters. The predicted octanol–water partition coefficient (Wildman–Crippen LogP) is 2.52. The van der Waals surface area contributed by atoms with Crippen LogP contribution in [-0.2, 0) is 11.8 Å². The number of carbonyl (C=O) groups excluding carboxylic acids is 1. The maximum atomic E-state index is 12.6. The van der Waals surface area contributed by atoms with Gasteiger partial charge in [0, 0.05) is 18.8 Å². The number of aromatic nitrogens is 2. The predicted molar refractivity (Wildman–Crippen MR) is 92.3 cm³/mol. The number of anilines is 1. The lowest BCUT2D eigenvalue weighted by Gasteiger charge is -2.14. The first kappa shape index (κ1) is 15.4. The lowest BCUT2D eigenvalue weighted by molar-refractivity contribution is -0.113. The fourth-order valence-corrected chi connectivity index (χ4v) is 3.43. The summed E-state index contributed by atoms with van der Waals surface area (Å²) in [6, 6.07) is 6.14. The summed E-state index contributed by atoms with van der Waals surface area (Å²) in [4.78, 5) is 25.5. The van der Waals surface area contributed by atoms with E-state index in [4.69, 9.17) is 17.3 Å². The van der Waals surface area contributed by atoms with Crippen molar-refractivity contribution >= 4 is 51.9 Å². The van der Waals surface area contributed by atoms with Crippen LogP contribution in [0.2, 0.25) is 0 Å². The molecule has 3 rings (SSSR count). The number of hydrogen-bond acceptors (Lipinski definition) is 5. The van der Waals surface area contributed by atoms with E-state index in [1.807, 2.05) is 0 Å². The molecule has 0 unspecified atom stereocenters. The minimum Gasteiger partial charge on any atom is -0.478 e. The van der Waals surface area contributed by atoms with E-state index in [1.54, 1.807) is 42.3 Å².